The molecule has 0 spiro atoms. The van der Waals surface area contributed by atoms with Gasteiger partial charge in [0.15, 0.2) is 5.82 Å². The Labute approximate surface area is 142 Å². The summed E-state index contributed by atoms with van der Waals surface area (Å²) in [6.45, 7) is 2.25. The minimum atomic E-state index is -4.43. The lowest BCUT2D eigenvalue weighted by Gasteiger charge is -2.09. The summed E-state index contributed by atoms with van der Waals surface area (Å²) in [5.74, 6) is 0.510. The van der Waals surface area contributed by atoms with Crippen molar-refractivity contribution in [3.63, 3.8) is 0 Å². The minimum absolute atomic E-state index is 0.164. The molecule has 3 rings (SSSR count). The van der Waals surface area contributed by atoms with E-state index < -0.39 is 11.7 Å². The summed E-state index contributed by atoms with van der Waals surface area (Å²) in [5, 5.41) is 6.87. The van der Waals surface area contributed by atoms with Gasteiger partial charge in [0, 0.05) is 24.4 Å². The van der Waals surface area contributed by atoms with E-state index in [0.717, 1.165) is 25.0 Å². The molecule has 1 aliphatic carbocycles. The van der Waals surface area contributed by atoms with Crippen LogP contribution in [0.15, 0.2) is 30.6 Å². The first kappa shape index (κ1) is 17.2. The van der Waals surface area contributed by atoms with Gasteiger partial charge in [-0.25, -0.2) is 9.67 Å². The molecular formula is C17H17F3N4O. The maximum atomic E-state index is 12.9. The number of alkyl halides is 3. The van der Waals surface area contributed by atoms with Crippen LogP contribution in [-0.2, 0) is 11.0 Å². The van der Waals surface area contributed by atoms with Gasteiger partial charge in [-0.15, -0.1) is 5.10 Å². The van der Waals surface area contributed by atoms with Gasteiger partial charge in [0.25, 0.3) is 0 Å². The van der Waals surface area contributed by atoms with Crippen molar-refractivity contribution >= 4 is 12.1 Å². The van der Waals surface area contributed by atoms with Crippen LogP contribution in [0.25, 0.3) is 17.6 Å². The van der Waals surface area contributed by atoms with Gasteiger partial charge in [-0.1, -0.05) is 0 Å². The van der Waals surface area contributed by atoms with Gasteiger partial charge >= 0.3 is 6.18 Å². The molecule has 0 radical (unpaired) electrons. The number of nitrogens with one attached hydrogen (secondary N) is 1. The van der Waals surface area contributed by atoms with Crippen molar-refractivity contribution in [2.45, 2.75) is 25.9 Å². The quantitative estimate of drug-likeness (QED) is 0.842. The first-order valence-electron chi connectivity index (χ1n) is 7.88. The molecule has 0 unspecified atom stereocenters. The van der Waals surface area contributed by atoms with Crippen LogP contribution in [0.5, 0.6) is 0 Å². The van der Waals surface area contributed by atoms with Crippen molar-refractivity contribution in [2.75, 3.05) is 6.54 Å². The van der Waals surface area contributed by atoms with E-state index in [1.54, 1.807) is 13.0 Å². The van der Waals surface area contributed by atoms with Crippen LogP contribution >= 0.6 is 0 Å². The Hall–Kier alpha value is -2.64. The van der Waals surface area contributed by atoms with Crippen LogP contribution < -0.4 is 5.32 Å². The van der Waals surface area contributed by atoms with E-state index in [1.807, 2.05) is 0 Å². The predicted molar refractivity (Wildman–Crippen MR) is 86.3 cm³/mol. The number of amides is 1. The van der Waals surface area contributed by atoms with Gasteiger partial charge in [0.05, 0.1) is 5.56 Å². The van der Waals surface area contributed by atoms with Crippen LogP contribution in [0, 0.1) is 12.8 Å². The zero-order valence-corrected chi connectivity index (χ0v) is 13.5. The third kappa shape index (κ3) is 4.68. The molecule has 1 N–H and O–H groups in total. The van der Waals surface area contributed by atoms with Gasteiger partial charge in [-0.05, 0) is 49.4 Å². The molecule has 8 heteroatoms. The average molecular weight is 350 g/mol. The molecule has 25 heavy (non-hydrogen) atoms. The van der Waals surface area contributed by atoms with Crippen molar-refractivity contribution in [1.82, 2.24) is 20.1 Å². The highest BCUT2D eigenvalue weighted by Gasteiger charge is 2.31. The molecule has 1 heterocycles. The maximum absolute atomic E-state index is 12.9. The number of hydrogen-bond acceptors (Lipinski definition) is 3. The number of carbonyl (C=O) groups excluding carboxylic acids is 1. The third-order valence-electron chi connectivity index (χ3n) is 3.81. The van der Waals surface area contributed by atoms with Crippen molar-refractivity contribution < 1.29 is 18.0 Å². The Bertz CT molecular complexity index is 806. The number of aromatic nitrogens is 3. The lowest BCUT2D eigenvalue weighted by atomic mass is 10.1. The number of aryl methyl sites for hydroxylation is 1. The second-order valence-corrected chi connectivity index (χ2v) is 6.14. The molecule has 1 aromatic heterocycles. The Morgan fingerprint density at radius 3 is 2.80 bits per heavy atom. The highest BCUT2D eigenvalue weighted by molar-refractivity contribution is 5.90. The Morgan fingerprint density at radius 2 is 2.12 bits per heavy atom. The van der Waals surface area contributed by atoms with E-state index in [4.69, 9.17) is 0 Å². The Balaban J connectivity index is 1.72. The summed E-state index contributed by atoms with van der Waals surface area (Å²) < 4.78 is 40.0. The summed E-state index contributed by atoms with van der Waals surface area (Å²) >= 11 is 0. The molecule has 1 aliphatic rings. The summed E-state index contributed by atoms with van der Waals surface area (Å²) in [7, 11) is 0. The average Bonchev–Trinajstić information content (AvgIpc) is 3.25. The molecule has 0 saturated heterocycles. The van der Waals surface area contributed by atoms with Crippen LogP contribution in [0.4, 0.5) is 13.2 Å². The molecule has 0 atom stereocenters. The summed E-state index contributed by atoms with van der Waals surface area (Å²) in [5.41, 5.74) is 0.00248. The highest BCUT2D eigenvalue weighted by atomic mass is 19.4. The van der Waals surface area contributed by atoms with Gasteiger partial charge in [-0.2, -0.15) is 13.2 Å². The molecular weight excluding hydrogens is 333 g/mol. The van der Waals surface area contributed by atoms with Crippen LogP contribution in [0.2, 0.25) is 0 Å². The summed E-state index contributed by atoms with van der Waals surface area (Å²) in [6, 6.07) is 3.67. The number of rotatable bonds is 5. The summed E-state index contributed by atoms with van der Waals surface area (Å²) in [6.07, 6.45) is 1.94. The highest BCUT2D eigenvalue weighted by Crippen LogP contribution is 2.32. The molecule has 0 aliphatic heterocycles. The van der Waals surface area contributed by atoms with Crippen molar-refractivity contribution in [3.8, 4) is 11.4 Å². The lowest BCUT2D eigenvalue weighted by Crippen LogP contribution is -2.23. The normalized spacial score (nSPS) is 14.9. The molecule has 1 aromatic carbocycles. The van der Waals surface area contributed by atoms with E-state index in [0.29, 0.717) is 18.0 Å². The maximum Gasteiger partial charge on any atom is 0.416 e. The van der Waals surface area contributed by atoms with Crippen LogP contribution in [0.3, 0.4) is 0 Å². The van der Waals surface area contributed by atoms with Crippen molar-refractivity contribution in [2.24, 2.45) is 5.92 Å². The second kappa shape index (κ2) is 6.70. The van der Waals surface area contributed by atoms with Gasteiger partial charge in [0.1, 0.15) is 6.33 Å². The first-order valence-corrected chi connectivity index (χ1v) is 7.88. The van der Waals surface area contributed by atoms with Crippen molar-refractivity contribution in [1.29, 1.82) is 0 Å². The minimum Gasteiger partial charge on any atom is -0.352 e. The number of halogens is 3. The number of nitrogens with zero attached hydrogens (tertiary/aromatic N) is 3. The Kier molecular flexibility index (Phi) is 4.61. The fourth-order valence-electron chi connectivity index (χ4n) is 2.32. The third-order valence-corrected chi connectivity index (χ3v) is 3.81. The fourth-order valence-corrected chi connectivity index (χ4v) is 2.32. The predicted octanol–water partition coefficient (Wildman–Crippen LogP) is 3.27. The van der Waals surface area contributed by atoms with Gasteiger partial charge in [-0.3, -0.25) is 4.79 Å². The zero-order chi connectivity index (χ0) is 18.0. The van der Waals surface area contributed by atoms with E-state index in [2.05, 4.69) is 15.4 Å². The van der Waals surface area contributed by atoms with E-state index in [9.17, 15) is 18.0 Å². The van der Waals surface area contributed by atoms with Crippen LogP contribution in [0.1, 0.15) is 24.0 Å². The molecule has 1 fully saturated rings. The SMILES string of the molecule is Cc1cc(-c2ncn(/C=C\C(=O)NCC3CC3)n2)cc(C(F)(F)F)c1. The largest absolute Gasteiger partial charge is 0.416 e. The topological polar surface area (TPSA) is 59.8 Å². The standard InChI is InChI=1S/C17H17F3N4O/c1-11-6-13(8-14(7-11)17(18,19)20)16-22-10-24(23-16)5-4-15(25)21-9-12-2-3-12/h4-8,10,12H,2-3,9H2,1H3,(H,21,25)/b5-4-. The lowest BCUT2D eigenvalue weighted by molar-refractivity contribution is -0.137. The monoisotopic (exact) mass is 350 g/mol. The zero-order valence-electron chi connectivity index (χ0n) is 13.5. The molecule has 5 nitrogen and oxygen atoms in total. The smallest absolute Gasteiger partial charge is 0.352 e. The molecule has 132 valence electrons. The summed E-state index contributed by atoms with van der Waals surface area (Å²) in [4.78, 5) is 15.7. The molecule has 0 bridgehead atoms. The second-order valence-electron chi connectivity index (χ2n) is 6.14. The van der Waals surface area contributed by atoms with E-state index in [-0.39, 0.29) is 17.3 Å². The first-order chi connectivity index (χ1) is 11.8. The van der Waals surface area contributed by atoms with Gasteiger partial charge in [0.2, 0.25) is 5.91 Å². The Morgan fingerprint density at radius 1 is 1.36 bits per heavy atom. The van der Waals surface area contributed by atoms with E-state index in [1.165, 1.54) is 23.3 Å². The molecule has 1 amide bonds. The number of carbonyl (C=O) groups is 1. The fraction of sp³-hybridized carbons (Fsp3) is 0.353. The molecule has 1 saturated carbocycles. The number of benzene rings is 1. The van der Waals surface area contributed by atoms with Gasteiger partial charge < -0.3 is 5.32 Å². The molecule has 2 aromatic rings. The van der Waals surface area contributed by atoms with Crippen LogP contribution in [-0.4, -0.2) is 27.2 Å². The van der Waals surface area contributed by atoms with Crippen molar-refractivity contribution in [3.05, 3.63) is 41.7 Å². The number of hydrogen-bond donors (Lipinski definition) is 1. The van der Waals surface area contributed by atoms with E-state index >= 15 is 0 Å².